The fourth-order valence-electron chi connectivity index (χ4n) is 2.36. The Morgan fingerprint density at radius 3 is 2.12 bits per heavy atom. The summed E-state index contributed by atoms with van der Waals surface area (Å²) in [5.74, 6) is 1.56. The summed E-state index contributed by atoms with van der Waals surface area (Å²) in [5, 5.41) is 2.84. The number of carbonyl (C=O) groups is 1. The van der Waals surface area contributed by atoms with Crippen LogP contribution in [0.4, 0.5) is 4.79 Å². The summed E-state index contributed by atoms with van der Waals surface area (Å²) in [4.78, 5) is 11.6. The molecule has 0 bridgehead atoms. The molecule has 0 aromatic heterocycles. The van der Waals surface area contributed by atoms with Crippen molar-refractivity contribution in [3.8, 4) is 0 Å². The van der Waals surface area contributed by atoms with Crippen LogP contribution in [0.5, 0.6) is 0 Å². The van der Waals surface area contributed by atoms with Gasteiger partial charge in [0.15, 0.2) is 0 Å². The molecule has 1 rings (SSSR count). The molecule has 1 aliphatic carbocycles. The maximum absolute atomic E-state index is 11.6. The Hall–Kier alpha value is -0.730. The number of rotatable bonds is 2. The van der Waals surface area contributed by atoms with Gasteiger partial charge in [-0.2, -0.15) is 0 Å². The maximum Gasteiger partial charge on any atom is 0.407 e. The highest BCUT2D eigenvalue weighted by atomic mass is 16.6. The van der Waals surface area contributed by atoms with E-state index in [0.29, 0.717) is 0 Å². The molecule has 17 heavy (non-hydrogen) atoms. The lowest BCUT2D eigenvalue weighted by atomic mass is 9.80. The third-order valence-corrected chi connectivity index (χ3v) is 3.41. The Morgan fingerprint density at radius 1 is 1.18 bits per heavy atom. The van der Waals surface area contributed by atoms with Gasteiger partial charge in [-0.05, 0) is 58.3 Å². The predicted molar refractivity (Wildman–Crippen MR) is 70.0 cm³/mol. The van der Waals surface area contributed by atoms with E-state index in [2.05, 4.69) is 19.2 Å². The number of amides is 1. The van der Waals surface area contributed by atoms with Crippen molar-refractivity contribution < 1.29 is 9.53 Å². The van der Waals surface area contributed by atoms with Crippen LogP contribution in [0, 0.1) is 11.8 Å². The monoisotopic (exact) mass is 241 g/mol. The molecule has 0 atom stereocenters. The second-order valence-electron chi connectivity index (χ2n) is 6.56. The van der Waals surface area contributed by atoms with Gasteiger partial charge in [-0.15, -0.1) is 0 Å². The van der Waals surface area contributed by atoms with Gasteiger partial charge >= 0.3 is 6.09 Å². The number of nitrogens with one attached hydrogen (secondary N) is 1. The first-order valence-corrected chi connectivity index (χ1v) is 6.76. The quantitative estimate of drug-likeness (QED) is 0.800. The van der Waals surface area contributed by atoms with Crippen molar-refractivity contribution in [2.45, 2.75) is 71.9 Å². The zero-order valence-corrected chi connectivity index (χ0v) is 11.9. The minimum Gasteiger partial charge on any atom is -0.446 e. The molecule has 0 radical (unpaired) electrons. The fourth-order valence-corrected chi connectivity index (χ4v) is 2.36. The topological polar surface area (TPSA) is 38.3 Å². The molecule has 1 fully saturated rings. The molecular weight excluding hydrogens is 214 g/mol. The molecule has 1 aliphatic rings. The van der Waals surface area contributed by atoms with E-state index >= 15 is 0 Å². The Bertz CT molecular complexity index is 247. The van der Waals surface area contributed by atoms with Crippen molar-refractivity contribution in [1.82, 2.24) is 5.32 Å². The first-order chi connectivity index (χ1) is 7.78. The van der Waals surface area contributed by atoms with Crippen molar-refractivity contribution in [1.29, 1.82) is 0 Å². The van der Waals surface area contributed by atoms with Gasteiger partial charge in [0.1, 0.15) is 6.10 Å². The normalized spacial score (nSPS) is 25.8. The van der Waals surface area contributed by atoms with Gasteiger partial charge in [0.25, 0.3) is 0 Å². The van der Waals surface area contributed by atoms with Gasteiger partial charge in [-0.25, -0.2) is 4.79 Å². The number of alkyl carbamates (subject to hydrolysis) is 1. The summed E-state index contributed by atoms with van der Waals surface area (Å²) in [6.07, 6.45) is 4.25. The average molecular weight is 241 g/mol. The molecule has 3 heteroatoms. The summed E-state index contributed by atoms with van der Waals surface area (Å²) in [6, 6.07) is 0. The molecule has 0 aliphatic heterocycles. The minimum atomic E-state index is -0.273. The number of hydrogen-bond donors (Lipinski definition) is 1. The molecule has 0 aromatic carbocycles. The molecule has 3 nitrogen and oxygen atoms in total. The van der Waals surface area contributed by atoms with E-state index in [4.69, 9.17) is 4.74 Å². The first kappa shape index (κ1) is 14.3. The van der Waals surface area contributed by atoms with Crippen molar-refractivity contribution in [3.05, 3.63) is 0 Å². The van der Waals surface area contributed by atoms with Gasteiger partial charge in [-0.1, -0.05) is 13.8 Å². The first-order valence-electron chi connectivity index (χ1n) is 6.76. The highest BCUT2D eigenvalue weighted by Gasteiger charge is 2.26. The van der Waals surface area contributed by atoms with E-state index in [9.17, 15) is 4.79 Å². The third-order valence-electron chi connectivity index (χ3n) is 3.41. The van der Waals surface area contributed by atoms with Gasteiger partial charge in [-0.3, -0.25) is 0 Å². The molecular formula is C14H27NO2. The zero-order valence-electron chi connectivity index (χ0n) is 11.9. The molecule has 0 saturated heterocycles. The molecule has 0 unspecified atom stereocenters. The van der Waals surface area contributed by atoms with E-state index in [0.717, 1.165) is 24.7 Å². The summed E-state index contributed by atoms with van der Waals surface area (Å²) in [7, 11) is 0. The lowest BCUT2D eigenvalue weighted by Gasteiger charge is -2.31. The third kappa shape index (κ3) is 5.42. The molecule has 100 valence electrons. The fraction of sp³-hybridized carbons (Fsp3) is 0.929. The Morgan fingerprint density at radius 2 is 1.71 bits per heavy atom. The predicted octanol–water partition coefficient (Wildman–Crippen LogP) is 3.73. The van der Waals surface area contributed by atoms with Crippen molar-refractivity contribution in [2.24, 2.45) is 11.8 Å². The van der Waals surface area contributed by atoms with Crippen molar-refractivity contribution in [3.63, 3.8) is 0 Å². The Kier molecular flexibility index (Phi) is 4.84. The highest BCUT2D eigenvalue weighted by molar-refractivity contribution is 5.68. The van der Waals surface area contributed by atoms with Gasteiger partial charge in [0.2, 0.25) is 0 Å². The average Bonchev–Trinajstić information content (AvgIpc) is 2.15. The molecule has 1 saturated carbocycles. The van der Waals surface area contributed by atoms with Crippen molar-refractivity contribution >= 4 is 6.09 Å². The van der Waals surface area contributed by atoms with Crippen LogP contribution in [0.25, 0.3) is 0 Å². The summed E-state index contributed by atoms with van der Waals surface area (Å²) < 4.78 is 5.45. The van der Waals surface area contributed by atoms with E-state index in [-0.39, 0.29) is 17.7 Å². The smallest absolute Gasteiger partial charge is 0.407 e. The second kappa shape index (κ2) is 5.74. The Balaban J connectivity index is 2.29. The van der Waals surface area contributed by atoms with E-state index in [1.165, 1.54) is 12.8 Å². The van der Waals surface area contributed by atoms with Gasteiger partial charge in [0, 0.05) is 5.54 Å². The number of carbonyl (C=O) groups excluding carboxylic acids is 1. The lowest BCUT2D eigenvalue weighted by molar-refractivity contribution is 0.0541. The SMILES string of the molecule is CC(C)C1CCC(OC(=O)NC(C)(C)C)CC1. The van der Waals surface area contributed by atoms with Crippen LogP contribution in [0.3, 0.4) is 0 Å². The van der Waals surface area contributed by atoms with E-state index in [1.54, 1.807) is 0 Å². The zero-order chi connectivity index (χ0) is 13.1. The maximum atomic E-state index is 11.6. The van der Waals surface area contributed by atoms with Gasteiger partial charge < -0.3 is 10.1 Å². The summed E-state index contributed by atoms with van der Waals surface area (Å²) in [5.41, 5.74) is -0.216. The van der Waals surface area contributed by atoms with Crippen LogP contribution < -0.4 is 5.32 Å². The van der Waals surface area contributed by atoms with Crippen LogP contribution >= 0.6 is 0 Å². The summed E-state index contributed by atoms with van der Waals surface area (Å²) in [6.45, 7) is 10.4. The molecule has 0 aromatic rings. The largest absolute Gasteiger partial charge is 0.446 e. The van der Waals surface area contributed by atoms with Crippen molar-refractivity contribution in [2.75, 3.05) is 0 Å². The van der Waals surface area contributed by atoms with Crippen LogP contribution in [-0.4, -0.2) is 17.7 Å². The lowest BCUT2D eigenvalue weighted by Crippen LogP contribution is -2.42. The number of hydrogen-bond acceptors (Lipinski definition) is 2. The highest BCUT2D eigenvalue weighted by Crippen LogP contribution is 2.31. The number of ether oxygens (including phenoxy) is 1. The van der Waals surface area contributed by atoms with Gasteiger partial charge in [0.05, 0.1) is 0 Å². The molecule has 1 N–H and O–H groups in total. The van der Waals surface area contributed by atoms with Crippen LogP contribution in [0.1, 0.15) is 60.3 Å². The second-order valence-corrected chi connectivity index (χ2v) is 6.56. The van der Waals surface area contributed by atoms with Crippen LogP contribution in [0.15, 0.2) is 0 Å². The Labute approximate surface area is 105 Å². The van der Waals surface area contributed by atoms with Crippen LogP contribution in [-0.2, 0) is 4.74 Å². The molecule has 0 heterocycles. The standard InChI is InChI=1S/C14H27NO2/c1-10(2)11-6-8-12(9-7-11)17-13(16)15-14(3,4)5/h10-12H,6-9H2,1-5H3,(H,15,16). The summed E-state index contributed by atoms with van der Waals surface area (Å²) >= 11 is 0. The van der Waals surface area contributed by atoms with E-state index in [1.807, 2.05) is 20.8 Å². The minimum absolute atomic E-state index is 0.118. The molecule has 0 spiro atoms. The van der Waals surface area contributed by atoms with Crippen LogP contribution in [0.2, 0.25) is 0 Å². The van der Waals surface area contributed by atoms with E-state index < -0.39 is 0 Å². The molecule has 1 amide bonds.